The summed E-state index contributed by atoms with van der Waals surface area (Å²) in [6.07, 6.45) is 1.53. The van der Waals surface area contributed by atoms with E-state index in [9.17, 15) is 14.7 Å². The first-order valence-corrected chi connectivity index (χ1v) is 12.4. The van der Waals surface area contributed by atoms with Crippen molar-refractivity contribution in [3.05, 3.63) is 95.6 Å². The highest BCUT2D eigenvalue weighted by molar-refractivity contribution is 14.1. The summed E-state index contributed by atoms with van der Waals surface area (Å²) in [6, 6.07) is 19.9. The van der Waals surface area contributed by atoms with E-state index in [1.54, 1.807) is 12.1 Å². The third-order valence-corrected chi connectivity index (χ3v) is 8.43. The molecule has 0 unspecified atom stereocenters. The molecule has 32 heavy (non-hydrogen) atoms. The SMILES string of the molecule is O=C1[C@H]2C3c4ccccc4C(c4ccccc43)[C@@H]2C(=O)N1/N=C\c1cc(I)c(O)c(I)c1. The molecule has 1 saturated heterocycles. The molecule has 2 atom stereocenters. The largest absolute Gasteiger partial charge is 0.506 e. The topological polar surface area (TPSA) is 70.0 Å². The molecule has 3 aliphatic carbocycles. The van der Waals surface area contributed by atoms with E-state index in [0.717, 1.165) is 32.8 Å². The molecule has 0 saturated carbocycles. The molecule has 0 radical (unpaired) electrons. The van der Waals surface area contributed by atoms with Gasteiger partial charge in [-0.15, -0.1) is 0 Å². The van der Waals surface area contributed by atoms with Gasteiger partial charge in [0.15, 0.2) is 0 Å². The fraction of sp³-hybridized carbons (Fsp3) is 0.160. The molecule has 0 aromatic heterocycles. The average Bonchev–Trinajstić information content (AvgIpc) is 3.06. The Morgan fingerprint density at radius 2 is 1.19 bits per heavy atom. The van der Waals surface area contributed by atoms with Gasteiger partial charge >= 0.3 is 0 Å². The standard InChI is InChI=1S/C25H16I2N2O3/c26-17-9-12(10-18(27)23(17)30)11-28-29-24(31)21-19-13-5-1-2-6-14(13)20(22(21)25(29)32)16-8-4-3-7-15(16)19/h1-11,19-22,30H/b28-11-/t19?,20?,21-,22-/m0/s1. The highest BCUT2D eigenvalue weighted by Crippen LogP contribution is 2.60. The molecule has 4 aliphatic rings. The second kappa shape index (κ2) is 7.38. The van der Waals surface area contributed by atoms with Gasteiger partial charge in [-0.25, -0.2) is 0 Å². The Balaban J connectivity index is 1.43. The quantitative estimate of drug-likeness (QED) is 0.247. The minimum absolute atomic E-state index is 0.135. The summed E-state index contributed by atoms with van der Waals surface area (Å²) in [5.74, 6) is -1.40. The van der Waals surface area contributed by atoms with Crippen LogP contribution >= 0.6 is 45.2 Å². The summed E-state index contributed by atoms with van der Waals surface area (Å²) in [6.45, 7) is 0. The lowest BCUT2D eigenvalue weighted by molar-refractivity contribution is -0.139. The van der Waals surface area contributed by atoms with Crippen LogP contribution in [0.3, 0.4) is 0 Å². The molecule has 1 fully saturated rings. The number of hydrazone groups is 1. The molecule has 5 nitrogen and oxygen atoms in total. The van der Waals surface area contributed by atoms with Gasteiger partial charge in [0.1, 0.15) is 5.75 Å². The van der Waals surface area contributed by atoms with Crippen molar-refractivity contribution in [1.29, 1.82) is 0 Å². The van der Waals surface area contributed by atoms with Gasteiger partial charge in [-0.1, -0.05) is 48.5 Å². The predicted molar refractivity (Wildman–Crippen MR) is 137 cm³/mol. The number of carbonyl (C=O) groups is 2. The summed E-state index contributed by atoms with van der Waals surface area (Å²) in [5.41, 5.74) is 5.31. The van der Waals surface area contributed by atoms with E-state index in [4.69, 9.17) is 0 Å². The molecule has 3 aromatic carbocycles. The van der Waals surface area contributed by atoms with Gasteiger partial charge < -0.3 is 5.11 Å². The normalized spacial score (nSPS) is 25.2. The molecule has 3 aromatic rings. The lowest BCUT2D eigenvalue weighted by Crippen LogP contribution is -2.41. The number of benzene rings is 3. The van der Waals surface area contributed by atoms with Gasteiger partial charge in [-0.2, -0.15) is 10.1 Å². The van der Waals surface area contributed by atoms with E-state index in [-0.39, 0.29) is 29.4 Å². The molecular weight excluding hydrogens is 630 g/mol. The Morgan fingerprint density at radius 3 is 1.59 bits per heavy atom. The highest BCUT2D eigenvalue weighted by atomic mass is 127. The Kier molecular flexibility index (Phi) is 4.69. The van der Waals surface area contributed by atoms with Gasteiger partial charge in [-0.3, -0.25) is 9.59 Å². The summed E-state index contributed by atoms with van der Waals surface area (Å²) in [5, 5.41) is 15.4. The van der Waals surface area contributed by atoms with Crippen LogP contribution in [-0.4, -0.2) is 28.1 Å². The van der Waals surface area contributed by atoms with Crippen molar-refractivity contribution in [3.8, 4) is 5.75 Å². The number of rotatable bonds is 2. The Morgan fingerprint density at radius 1 is 0.781 bits per heavy atom. The minimum Gasteiger partial charge on any atom is -0.506 e. The van der Waals surface area contributed by atoms with Crippen molar-refractivity contribution in [2.45, 2.75) is 11.8 Å². The van der Waals surface area contributed by atoms with Crippen LogP contribution in [0.1, 0.15) is 39.7 Å². The maximum Gasteiger partial charge on any atom is 0.254 e. The first kappa shape index (κ1) is 20.3. The van der Waals surface area contributed by atoms with E-state index in [0.29, 0.717) is 7.14 Å². The van der Waals surface area contributed by atoms with E-state index >= 15 is 0 Å². The summed E-state index contributed by atoms with van der Waals surface area (Å²) >= 11 is 4.10. The van der Waals surface area contributed by atoms with Crippen LogP contribution in [0.4, 0.5) is 0 Å². The number of hydrogen-bond donors (Lipinski definition) is 1. The summed E-state index contributed by atoms with van der Waals surface area (Å²) < 4.78 is 1.38. The lowest BCUT2D eigenvalue weighted by Gasteiger charge is -2.45. The zero-order chi connectivity index (χ0) is 22.1. The number of carbonyl (C=O) groups excluding carboxylic acids is 2. The van der Waals surface area contributed by atoms with Crippen LogP contribution in [0.15, 0.2) is 65.8 Å². The molecule has 1 N–H and O–H groups in total. The van der Waals surface area contributed by atoms with E-state index in [1.807, 2.05) is 69.4 Å². The van der Waals surface area contributed by atoms with Crippen LogP contribution in [0.25, 0.3) is 0 Å². The average molecular weight is 646 g/mol. The Labute approximate surface area is 211 Å². The molecule has 0 spiro atoms. The molecule has 1 heterocycles. The number of hydrogen-bond acceptors (Lipinski definition) is 4. The van der Waals surface area contributed by atoms with Crippen molar-refractivity contribution in [3.63, 3.8) is 0 Å². The molecule has 158 valence electrons. The monoisotopic (exact) mass is 646 g/mol. The van der Waals surface area contributed by atoms with Crippen LogP contribution in [0, 0.1) is 19.0 Å². The summed E-state index contributed by atoms with van der Waals surface area (Å²) in [7, 11) is 0. The Hall–Kier alpha value is -2.27. The molecule has 7 rings (SSSR count). The van der Waals surface area contributed by atoms with Gasteiger partial charge in [0.2, 0.25) is 0 Å². The zero-order valence-electron chi connectivity index (χ0n) is 16.6. The fourth-order valence-electron chi connectivity index (χ4n) is 5.56. The number of phenols is 1. The van der Waals surface area contributed by atoms with Crippen LogP contribution < -0.4 is 0 Å². The first-order valence-electron chi connectivity index (χ1n) is 10.2. The molecule has 1 aliphatic heterocycles. The van der Waals surface area contributed by atoms with E-state index < -0.39 is 11.8 Å². The number of halogens is 2. The Bertz CT molecular complexity index is 1210. The number of phenolic OH excluding ortho intramolecular Hbond substituents is 1. The first-order chi connectivity index (χ1) is 15.5. The lowest BCUT2D eigenvalue weighted by atomic mass is 9.55. The zero-order valence-corrected chi connectivity index (χ0v) is 20.9. The molecule has 2 amide bonds. The maximum absolute atomic E-state index is 13.5. The fourth-order valence-corrected chi connectivity index (χ4v) is 7.38. The number of nitrogens with zero attached hydrogens (tertiary/aromatic N) is 2. The molecule has 7 heteroatoms. The third kappa shape index (κ3) is 2.76. The van der Waals surface area contributed by atoms with Gasteiger partial charge in [0.05, 0.1) is 25.2 Å². The second-order valence-electron chi connectivity index (χ2n) is 8.33. The molecule has 2 bridgehead atoms. The highest BCUT2D eigenvalue weighted by Gasteiger charge is 2.61. The number of imide groups is 1. The van der Waals surface area contributed by atoms with Gasteiger partial charge in [0, 0.05) is 11.8 Å². The van der Waals surface area contributed by atoms with Crippen molar-refractivity contribution in [2.75, 3.05) is 0 Å². The van der Waals surface area contributed by atoms with Crippen LogP contribution in [-0.2, 0) is 9.59 Å². The van der Waals surface area contributed by atoms with Crippen molar-refractivity contribution in [1.82, 2.24) is 5.01 Å². The van der Waals surface area contributed by atoms with Crippen LogP contribution in [0.2, 0.25) is 0 Å². The van der Waals surface area contributed by atoms with E-state index in [1.165, 1.54) is 6.21 Å². The van der Waals surface area contributed by atoms with Gasteiger partial charge in [0.25, 0.3) is 11.8 Å². The maximum atomic E-state index is 13.5. The molecular formula is C25H16I2N2O3. The van der Waals surface area contributed by atoms with Gasteiger partial charge in [-0.05, 0) is 85.1 Å². The van der Waals surface area contributed by atoms with Crippen molar-refractivity contribution < 1.29 is 14.7 Å². The van der Waals surface area contributed by atoms with Crippen molar-refractivity contribution in [2.24, 2.45) is 16.9 Å². The number of aromatic hydroxyl groups is 1. The van der Waals surface area contributed by atoms with E-state index in [2.05, 4.69) is 29.4 Å². The predicted octanol–water partition coefficient (Wildman–Crippen LogP) is 4.83. The van der Waals surface area contributed by atoms with Crippen LogP contribution in [0.5, 0.6) is 5.75 Å². The minimum atomic E-state index is -0.436. The summed E-state index contributed by atoms with van der Waals surface area (Å²) in [4.78, 5) is 27.0. The third-order valence-electron chi connectivity index (χ3n) is 6.79. The smallest absolute Gasteiger partial charge is 0.254 e. The second-order valence-corrected chi connectivity index (χ2v) is 10.7. The van der Waals surface area contributed by atoms with Crippen molar-refractivity contribution >= 4 is 63.2 Å². The number of amides is 2.